The predicted molar refractivity (Wildman–Crippen MR) is 117 cm³/mol. The summed E-state index contributed by atoms with van der Waals surface area (Å²) in [5.74, 6) is 0.567. The van der Waals surface area contributed by atoms with Gasteiger partial charge in [-0.15, -0.1) is 10.2 Å². The molecule has 0 fully saturated rings. The molecule has 10 heteroatoms. The lowest BCUT2D eigenvalue weighted by molar-refractivity contribution is 0.102. The highest BCUT2D eigenvalue weighted by molar-refractivity contribution is 8.01. The van der Waals surface area contributed by atoms with Crippen LogP contribution in [0.15, 0.2) is 57.8 Å². The van der Waals surface area contributed by atoms with Crippen molar-refractivity contribution in [2.24, 2.45) is 0 Å². The fourth-order valence-corrected chi connectivity index (χ4v) is 5.28. The third kappa shape index (κ3) is 5.34. The van der Waals surface area contributed by atoms with Crippen LogP contribution in [0, 0.1) is 6.92 Å². The van der Waals surface area contributed by atoms with Gasteiger partial charge in [0.1, 0.15) is 0 Å². The van der Waals surface area contributed by atoms with Gasteiger partial charge < -0.3 is 0 Å². The SMILES string of the molecule is CCCSc1nnc(NC(=O)c2cccc(NS(=O)(=O)c3ccccc3)c2C)s1. The molecule has 0 saturated carbocycles. The van der Waals surface area contributed by atoms with Gasteiger partial charge in [-0.3, -0.25) is 14.8 Å². The Hall–Kier alpha value is -2.43. The van der Waals surface area contributed by atoms with Crippen LogP contribution >= 0.6 is 23.1 Å². The van der Waals surface area contributed by atoms with Crippen molar-refractivity contribution in [3.05, 3.63) is 59.7 Å². The Balaban J connectivity index is 1.77. The maximum atomic E-state index is 12.7. The summed E-state index contributed by atoms with van der Waals surface area (Å²) in [6.07, 6.45) is 1.02. The molecule has 0 unspecified atom stereocenters. The zero-order valence-corrected chi connectivity index (χ0v) is 18.3. The third-order valence-electron chi connectivity index (χ3n) is 3.93. The average molecular weight is 449 g/mol. The lowest BCUT2D eigenvalue weighted by Crippen LogP contribution is -2.17. The highest BCUT2D eigenvalue weighted by Crippen LogP contribution is 2.27. The summed E-state index contributed by atoms with van der Waals surface area (Å²) in [5.41, 5.74) is 1.23. The number of hydrogen-bond donors (Lipinski definition) is 2. The second-order valence-electron chi connectivity index (χ2n) is 6.07. The molecule has 0 aliphatic rings. The van der Waals surface area contributed by atoms with E-state index in [1.165, 1.54) is 23.5 Å². The van der Waals surface area contributed by atoms with Crippen molar-refractivity contribution in [3.63, 3.8) is 0 Å². The summed E-state index contributed by atoms with van der Waals surface area (Å²) in [5, 5.41) is 11.2. The van der Waals surface area contributed by atoms with Crippen LogP contribution in [0.1, 0.15) is 29.3 Å². The standard InChI is InChI=1S/C19H20N4O3S3/c1-3-12-27-19-22-21-18(28-19)20-17(24)15-10-7-11-16(13(15)2)23-29(25,26)14-8-5-4-6-9-14/h4-11,23H,3,12H2,1-2H3,(H,20,21,24). The van der Waals surface area contributed by atoms with Gasteiger partial charge in [0, 0.05) is 11.3 Å². The van der Waals surface area contributed by atoms with Crippen LogP contribution in [0.25, 0.3) is 0 Å². The minimum Gasteiger partial charge on any atom is -0.296 e. The molecule has 0 saturated heterocycles. The molecular weight excluding hydrogens is 428 g/mol. The molecule has 2 aromatic carbocycles. The lowest BCUT2D eigenvalue weighted by atomic mass is 10.1. The maximum absolute atomic E-state index is 12.7. The van der Waals surface area contributed by atoms with Gasteiger partial charge in [-0.2, -0.15) is 0 Å². The van der Waals surface area contributed by atoms with E-state index in [0.29, 0.717) is 21.9 Å². The molecule has 0 aliphatic heterocycles. The Labute approximate surface area is 178 Å². The van der Waals surface area contributed by atoms with Crippen molar-refractivity contribution < 1.29 is 13.2 Å². The summed E-state index contributed by atoms with van der Waals surface area (Å²) < 4.78 is 28.5. The first-order valence-electron chi connectivity index (χ1n) is 8.86. The fourth-order valence-electron chi connectivity index (χ4n) is 2.47. The van der Waals surface area contributed by atoms with E-state index in [1.807, 2.05) is 0 Å². The number of anilines is 2. The number of amides is 1. The van der Waals surface area contributed by atoms with Crippen LogP contribution in [0.4, 0.5) is 10.8 Å². The molecule has 1 aromatic heterocycles. The third-order valence-corrected chi connectivity index (χ3v) is 7.49. The first-order valence-corrected chi connectivity index (χ1v) is 12.1. The minimum atomic E-state index is -3.75. The Bertz CT molecular complexity index is 1100. The van der Waals surface area contributed by atoms with Crippen molar-refractivity contribution in [3.8, 4) is 0 Å². The molecule has 29 heavy (non-hydrogen) atoms. The molecule has 2 N–H and O–H groups in total. The van der Waals surface area contributed by atoms with Gasteiger partial charge in [0.2, 0.25) is 5.13 Å². The van der Waals surface area contributed by atoms with E-state index < -0.39 is 10.0 Å². The van der Waals surface area contributed by atoms with Gasteiger partial charge in [0.05, 0.1) is 10.6 Å². The van der Waals surface area contributed by atoms with Gasteiger partial charge >= 0.3 is 0 Å². The summed E-state index contributed by atoms with van der Waals surface area (Å²) in [6, 6.07) is 13.0. The van der Waals surface area contributed by atoms with Crippen LogP contribution in [0.3, 0.4) is 0 Å². The predicted octanol–water partition coefficient (Wildman–Crippen LogP) is 4.40. The summed E-state index contributed by atoms with van der Waals surface area (Å²) >= 11 is 2.90. The molecule has 1 heterocycles. The van der Waals surface area contributed by atoms with Gasteiger partial charge in [-0.25, -0.2) is 8.42 Å². The number of benzene rings is 2. The Morgan fingerprint density at radius 1 is 1.10 bits per heavy atom. The summed E-state index contributed by atoms with van der Waals surface area (Å²) in [4.78, 5) is 12.8. The molecule has 0 radical (unpaired) electrons. The number of sulfonamides is 1. The second kappa shape index (κ2) is 9.38. The van der Waals surface area contributed by atoms with E-state index in [-0.39, 0.29) is 10.8 Å². The smallest absolute Gasteiger partial charge is 0.261 e. The number of nitrogens with zero attached hydrogens (tertiary/aromatic N) is 2. The van der Waals surface area contributed by atoms with Crippen molar-refractivity contribution >= 4 is 49.8 Å². The largest absolute Gasteiger partial charge is 0.296 e. The van der Waals surface area contributed by atoms with Crippen molar-refractivity contribution in [1.82, 2.24) is 10.2 Å². The maximum Gasteiger partial charge on any atom is 0.261 e. The number of nitrogens with one attached hydrogen (secondary N) is 2. The number of carbonyl (C=O) groups is 1. The van der Waals surface area contributed by atoms with Crippen LogP contribution in [-0.2, 0) is 10.0 Å². The molecule has 152 valence electrons. The van der Waals surface area contributed by atoms with Crippen LogP contribution in [0.2, 0.25) is 0 Å². The molecular formula is C19H20N4O3S3. The quantitative estimate of drug-likeness (QED) is 0.391. The van der Waals surface area contributed by atoms with Crippen LogP contribution in [0.5, 0.6) is 0 Å². The fraction of sp³-hybridized carbons (Fsp3) is 0.211. The molecule has 0 aliphatic carbocycles. The Morgan fingerprint density at radius 3 is 2.59 bits per heavy atom. The second-order valence-corrected chi connectivity index (χ2v) is 10.1. The monoisotopic (exact) mass is 448 g/mol. The first-order chi connectivity index (χ1) is 13.9. The molecule has 3 rings (SSSR count). The minimum absolute atomic E-state index is 0.153. The molecule has 0 spiro atoms. The summed E-state index contributed by atoms with van der Waals surface area (Å²) in [6.45, 7) is 3.78. The topological polar surface area (TPSA) is 101 Å². The van der Waals surface area contributed by atoms with E-state index in [2.05, 4.69) is 27.2 Å². The van der Waals surface area contributed by atoms with Crippen molar-refractivity contribution in [1.29, 1.82) is 0 Å². The molecule has 1 amide bonds. The number of thioether (sulfide) groups is 1. The highest BCUT2D eigenvalue weighted by Gasteiger charge is 2.18. The Kier molecular flexibility index (Phi) is 6.88. The van der Waals surface area contributed by atoms with E-state index in [1.54, 1.807) is 55.1 Å². The van der Waals surface area contributed by atoms with E-state index >= 15 is 0 Å². The first kappa shape index (κ1) is 21.3. The molecule has 0 bridgehead atoms. The lowest BCUT2D eigenvalue weighted by Gasteiger charge is -2.13. The van der Waals surface area contributed by atoms with Crippen LogP contribution < -0.4 is 10.0 Å². The number of aromatic nitrogens is 2. The Morgan fingerprint density at radius 2 is 1.86 bits per heavy atom. The van der Waals surface area contributed by atoms with Crippen molar-refractivity contribution in [2.45, 2.75) is 29.5 Å². The van der Waals surface area contributed by atoms with Gasteiger partial charge in [0.25, 0.3) is 15.9 Å². The molecule has 0 atom stereocenters. The number of carbonyl (C=O) groups excluding carboxylic acids is 1. The normalized spacial score (nSPS) is 11.2. The molecule has 7 nitrogen and oxygen atoms in total. The zero-order chi connectivity index (χ0) is 20.9. The van der Waals surface area contributed by atoms with Gasteiger partial charge in [0.15, 0.2) is 4.34 Å². The van der Waals surface area contributed by atoms with E-state index in [0.717, 1.165) is 16.5 Å². The van der Waals surface area contributed by atoms with Gasteiger partial charge in [-0.05, 0) is 43.2 Å². The van der Waals surface area contributed by atoms with Crippen LogP contribution in [-0.4, -0.2) is 30.3 Å². The number of rotatable bonds is 8. The van der Waals surface area contributed by atoms with E-state index in [4.69, 9.17) is 0 Å². The van der Waals surface area contributed by atoms with Crippen molar-refractivity contribution in [2.75, 3.05) is 15.8 Å². The zero-order valence-electron chi connectivity index (χ0n) is 15.9. The van der Waals surface area contributed by atoms with Gasteiger partial charge in [-0.1, -0.05) is 54.3 Å². The summed E-state index contributed by atoms with van der Waals surface area (Å²) in [7, 11) is -3.75. The number of hydrogen-bond acceptors (Lipinski definition) is 7. The molecule has 3 aromatic rings. The average Bonchev–Trinajstić information content (AvgIpc) is 3.15. The highest BCUT2D eigenvalue weighted by atomic mass is 32.2. The van der Waals surface area contributed by atoms with E-state index in [9.17, 15) is 13.2 Å².